The predicted octanol–water partition coefficient (Wildman–Crippen LogP) is 3.60. The summed E-state index contributed by atoms with van der Waals surface area (Å²) in [7, 11) is 0. The Bertz CT molecular complexity index is 775. The summed E-state index contributed by atoms with van der Waals surface area (Å²) in [5.74, 6) is 0.538. The van der Waals surface area contributed by atoms with Gasteiger partial charge in [0.25, 0.3) is 5.91 Å². The highest BCUT2D eigenvalue weighted by atomic mass is 16.2. The van der Waals surface area contributed by atoms with Crippen molar-refractivity contribution in [2.45, 2.75) is 46.6 Å². The van der Waals surface area contributed by atoms with Crippen molar-refractivity contribution >= 4 is 5.91 Å². The van der Waals surface area contributed by atoms with Crippen molar-refractivity contribution in [3.8, 4) is 5.69 Å². The smallest absolute Gasteiger partial charge is 0.255 e. The summed E-state index contributed by atoms with van der Waals surface area (Å²) in [5.41, 5.74) is 11.3. The summed E-state index contributed by atoms with van der Waals surface area (Å²) in [6.45, 7) is 9.85. The standard InChI is InChI=1S/C21H29N3O/c1-14-8-5-6-10-20(14)24-15(2)12-19(17(24)4)21(25)23-11-7-9-18(13-23)16(3)22/h5-6,8,10,12,16,18H,7,9,11,13,22H2,1-4H3. The molecule has 1 aromatic carbocycles. The molecule has 0 aliphatic carbocycles. The first kappa shape index (κ1) is 17.7. The molecular formula is C21H29N3O. The number of hydrogen-bond acceptors (Lipinski definition) is 2. The molecule has 4 heteroatoms. The van der Waals surface area contributed by atoms with Gasteiger partial charge in [-0.3, -0.25) is 4.79 Å². The number of benzene rings is 1. The summed E-state index contributed by atoms with van der Waals surface area (Å²) in [6, 6.07) is 10.5. The van der Waals surface area contributed by atoms with E-state index in [1.54, 1.807) is 0 Å². The Hall–Kier alpha value is -2.07. The highest BCUT2D eigenvalue weighted by Crippen LogP contribution is 2.26. The normalized spacial score (nSPS) is 19.1. The molecule has 3 rings (SSSR count). The summed E-state index contributed by atoms with van der Waals surface area (Å²) in [6.07, 6.45) is 2.15. The van der Waals surface area contributed by atoms with E-state index < -0.39 is 0 Å². The van der Waals surface area contributed by atoms with Gasteiger partial charge in [-0.1, -0.05) is 18.2 Å². The number of para-hydroxylation sites is 1. The zero-order valence-corrected chi connectivity index (χ0v) is 15.7. The maximum Gasteiger partial charge on any atom is 0.255 e. The van der Waals surface area contributed by atoms with Gasteiger partial charge < -0.3 is 15.2 Å². The zero-order valence-electron chi connectivity index (χ0n) is 15.7. The van der Waals surface area contributed by atoms with Crippen molar-refractivity contribution in [2.24, 2.45) is 11.7 Å². The van der Waals surface area contributed by atoms with Crippen LogP contribution in [-0.4, -0.2) is 34.5 Å². The number of aryl methyl sites for hydroxylation is 2. The second kappa shape index (κ2) is 7.04. The molecule has 2 atom stereocenters. The molecular weight excluding hydrogens is 310 g/mol. The summed E-state index contributed by atoms with van der Waals surface area (Å²) < 4.78 is 2.19. The summed E-state index contributed by atoms with van der Waals surface area (Å²) >= 11 is 0. The van der Waals surface area contributed by atoms with Crippen molar-refractivity contribution in [1.82, 2.24) is 9.47 Å². The average molecular weight is 339 g/mol. The number of nitrogens with zero attached hydrogens (tertiary/aromatic N) is 2. The van der Waals surface area contributed by atoms with Crippen LogP contribution in [-0.2, 0) is 0 Å². The van der Waals surface area contributed by atoms with Crippen LogP contribution in [0.5, 0.6) is 0 Å². The van der Waals surface area contributed by atoms with E-state index in [0.717, 1.165) is 48.6 Å². The molecule has 1 amide bonds. The van der Waals surface area contributed by atoms with Crippen LogP contribution in [0.15, 0.2) is 30.3 Å². The highest BCUT2D eigenvalue weighted by molar-refractivity contribution is 5.96. The van der Waals surface area contributed by atoms with E-state index in [-0.39, 0.29) is 11.9 Å². The van der Waals surface area contributed by atoms with E-state index in [0.29, 0.717) is 5.92 Å². The minimum Gasteiger partial charge on any atom is -0.338 e. The molecule has 0 radical (unpaired) electrons. The van der Waals surface area contributed by atoms with E-state index >= 15 is 0 Å². The van der Waals surface area contributed by atoms with Crippen molar-refractivity contribution in [1.29, 1.82) is 0 Å². The van der Waals surface area contributed by atoms with E-state index in [1.807, 2.05) is 36.9 Å². The topological polar surface area (TPSA) is 51.3 Å². The number of amides is 1. The summed E-state index contributed by atoms with van der Waals surface area (Å²) in [5, 5.41) is 0. The maximum atomic E-state index is 13.1. The lowest BCUT2D eigenvalue weighted by Crippen LogP contribution is -2.45. The molecule has 1 fully saturated rings. The molecule has 0 saturated carbocycles. The molecule has 2 unspecified atom stereocenters. The van der Waals surface area contributed by atoms with Gasteiger partial charge in [-0.05, 0) is 64.2 Å². The van der Waals surface area contributed by atoms with Gasteiger partial charge in [0.15, 0.2) is 0 Å². The Morgan fingerprint density at radius 1 is 1.24 bits per heavy atom. The number of nitrogens with two attached hydrogens (primary N) is 1. The first-order chi connectivity index (χ1) is 11.9. The molecule has 0 spiro atoms. The average Bonchev–Trinajstić information content (AvgIpc) is 2.89. The second-order valence-electron chi connectivity index (χ2n) is 7.42. The van der Waals surface area contributed by atoms with Gasteiger partial charge in [0.05, 0.1) is 5.56 Å². The van der Waals surface area contributed by atoms with Crippen LogP contribution < -0.4 is 5.73 Å². The molecule has 1 saturated heterocycles. The van der Waals surface area contributed by atoms with Crippen LogP contribution in [0, 0.1) is 26.7 Å². The third kappa shape index (κ3) is 3.36. The molecule has 1 aliphatic rings. The third-order valence-electron chi connectivity index (χ3n) is 5.51. The number of carbonyl (C=O) groups is 1. The number of likely N-dealkylation sites (tertiary alicyclic amines) is 1. The Morgan fingerprint density at radius 2 is 1.96 bits per heavy atom. The van der Waals surface area contributed by atoms with Crippen molar-refractivity contribution < 1.29 is 4.79 Å². The van der Waals surface area contributed by atoms with Crippen molar-refractivity contribution in [3.05, 3.63) is 52.8 Å². The fraction of sp³-hybridized carbons (Fsp3) is 0.476. The molecule has 2 N–H and O–H groups in total. The van der Waals surface area contributed by atoms with Gasteiger partial charge in [-0.25, -0.2) is 0 Å². The van der Waals surface area contributed by atoms with E-state index in [4.69, 9.17) is 5.73 Å². The third-order valence-corrected chi connectivity index (χ3v) is 5.51. The summed E-state index contributed by atoms with van der Waals surface area (Å²) in [4.78, 5) is 15.1. The SMILES string of the molecule is Cc1ccccc1-n1c(C)cc(C(=O)N2CCCC(C(C)N)C2)c1C. The molecule has 134 valence electrons. The Morgan fingerprint density at radius 3 is 2.64 bits per heavy atom. The van der Waals surface area contributed by atoms with Crippen molar-refractivity contribution in [2.75, 3.05) is 13.1 Å². The first-order valence-electron chi connectivity index (χ1n) is 9.20. The van der Waals surface area contributed by atoms with Crippen LogP contribution in [0.3, 0.4) is 0 Å². The fourth-order valence-corrected chi connectivity index (χ4v) is 3.96. The number of hydrogen-bond donors (Lipinski definition) is 1. The van der Waals surface area contributed by atoms with E-state index in [1.165, 1.54) is 5.56 Å². The van der Waals surface area contributed by atoms with Crippen LogP contribution in [0.4, 0.5) is 0 Å². The highest BCUT2D eigenvalue weighted by Gasteiger charge is 2.28. The lowest BCUT2D eigenvalue weighted by molar-refractivity contribution is 0.0660. The van der Waals surface area contributed by atoms with Gasteiger partial charge in [-0.2, -0.15) is 0 Å². The van der Waals surface area contributed by atoms with Gasteiger partial charge >= 0.3 is 0 Å². The van der Waals surface area contributed by atoms with Gasteiger partial charge in [0.1, 0.15) is 0 Å². The minimum atomic E-state index is 0.134. The molecule has 4 nitrogen and oxygen atoms in total. The van der Waals surface area contributed by atoms with E-state index in [9.17, 15) is 4.79 Å². The molecule has 1 aromatic heterocycles. The van der Waals surface area contributed by atoms with Crippen LogP contribution in [0.2, 0.25) is 0 Å². The molecule has 0 bridgehead atoms. The van der Waals surface area contributed by atoms with E-state index in [2.05, 4.69) is 30.5 Å². The lowest BCUT2D eigenvalue weighted by Gasteiger charge is -2.34. The largest absolute Gasteiger partial charge is 0.338 e. The zero-order chi connectivity index (χ0) is 18.1. The van der Waals surface area contributed by atoms with Crippen LogP contribution in [0.25, 0.3) is 5.69 Å². The maximum absolute atomic E-state index is 13.1. The van der Waals surface area contributed by atoms with Crippen LogP contribution in [0.1, 0.15) is 47.1 Å². The Labute approximate surface area is 150 Å². The Kier molecular flexibility index (Phi) is 5.00. The lowest BCUT2D eigenvalue weighted by atomic mass is 9.92. The number of aromatic nitrogens is 1. The number of rotatable bonds is 3. The number of piperidine rings is 1. The van der Waals surface area contributed by atoms with Crippen molar-refractivity contribution in [3.63, 3.8) is 0 Å². The van der Waals surface area contributed by atoms with Gasteiger partial charge in [-0.15, -0.1) is 0 Å². The Balaban J connectivity index is 1.92. The number of carbonyl (C=O) groups excluding carboxylic acids is 1. The molecule has 2 heterocycles. The second-order valence-corrected chi connectivity index (χ2v) is 7.42. The van der Waals surface area contributed by atoms with Gasteiger partial charge in [0, 0.05) is 36.2 Å². The van der Waals surface area contributed by atoms with Gasteiger partial charge in [0.2, 0.25) is 0 Å². The molecule has 25 heavy (non-hydrogen) atoms. The molecule has 1 aliphatic heterocycles. The quantitative estimate of drug-likeness (QED) is 0.929. The van der Waals surface area contributed by atoms with Crippen LogP contribution >= 0.6 is 0 Å². The fourth-order valence-electron chi connectivity index (χ4n) is 3.96. The predicted molar refractivity (Wildman–Crippen MR) is 102 cm³/mol. The first-order valence-corrected chi connectivity index (χ1v) is 9.20. The monoisotopic (exact) mass is 339 g/mol. The molecule has 2 aromatic rings. The minimum absolute atomic E-state index is 0.134.